The summed E-state index contributed by atoms with van der Waals surface area (Å²) in [6.07, 6.45) is 3.19. The third-order valence-corrected chi connectivity index (χ3v) is 5.56. The van der Waals surface area contributed by atoms with Crippen molar-refractivity contribution in [1.29, 1.82) is 0 Å². The Kier molecular flexibility index (Phi) is 6.46. The predicted octanol–water partition coefficient (Wildman–Crippen LogP) is 3.29. The van der Waals surface area contributed by atoms with Crippen LogP contribution in [0.3, 0.4) is 0 Å². The van der Waals surface area contributed by atoms with Crippen molar-refractivity contribution in [3.63, 3.8) is 0 Å². The van der Waals surface area contributed by atoms with Gasteiger partial charge in [-0.2, -0.15) is 0 Å². The summed E-state index contributed by atoms with van der Waals surface area (Å²) in [6.45, 7) is 4.73. The molecule has 0 unspecified atom stereocenters. The number of hydrogen-bond donors (Lipinski definition) is 2. The van der Waals surface area contributed by atoms with Gasteiger partial charge in [0.2, 0.25) is 0 Å². The average Bonchev–Trinajstić information content (AvgIpc) is 3.04. The molecule has 2 aromatic rings. The Morgan fingerprint density at radius 1 is 1.31 bits per heavy atom. The van der Waals surface area contributed by atoms with E-state index >= 15 is 0 Å². The number of rotatable bonds is 6. The maximum atomic E-state index is 12.0. The summed E-state index contributed by atoms with van der Waals surface area (Å²) in [5.41, 5.74) is 3.63. The van der Waals surface area contributed by atoms with Gasteiger partial charge in [0.1, 0.15) is 11.9 Å². The van der Waals surface area contributed by atoms with E-state index in [1.54, 1.807) is 11.3 Å². The van der Waals surface area contributed by atoms with Gasteiger partial charge >= 0.3 is 6.03 Å². The third kappa shape index (κ3) is 5.44. The molecular formula is C19H26N4O2S. The molecule has 1 aliphatic heterocycles. The zero-order chi connectivity index (χ0) is 18.4. The number of benzene rings is 1. The van der Waals surface area contributed by atoms with Crippen molar-refractivity contribution < 1.29 is 9.53 Å². The first-order valence-electron chi connectivity index (χ1n) is 8.99. The van der Waals surface area contributed by atoms with Gasteiger partial charge in [-0.25, -0.2) is 9.78 Å². The lowest BCUT2D eigenvalue weighted by Crippen LogP contribution is -2.35. The molecular weight excluding hydrogens is 348 g/mol. The zero-order valence-corrected chi connectivity index (χ0v) is 16.1. The number of thiazole rings is 1. The summed E-state index contributed by atoms with van der Waals surface area (Å²) >= 11 is 1.62. The van der Waals surface area contributed by atoms with E-state index in [9.17, 15) is 4.79 Å². The van der Waals surface area contributed by atoms with E-state index in [1.807, 2.05) is 36.7 Å². The van der Waals surface area contributed by atoms with Crippen LogP contribution in [0.5, 0.6) is 5.75 Å². The average molecular weight is 375 g/mol. The predicted molar refractivity (Wildman–Crippen MR) is 105 cm³/mol. The lowest BCUT2D eigenvalue weighted by Gasteiger charge is -2.29. The number of hydrogen-bond acceptors (Lipinski definition) is 5. The lowest BCUT2D eigenvalue weighted by atomic mass is 10.1. The molecule has 2 amide bonds. The number of carbonyl (C=O) groups is 1. The number of likely N-dealkylation sites (tertiary alicyclic amines) is 1. The maximum Gasteiger partial charge on any atom is 0.319 e. The number of urea groups is 1. The minimum absolute atomic E-state index is 0.198. The van der Waals surface area contributed by atoms with Crippen LogP contribution in [0.2, 0.25) is 0 Å². The molecule has 26 heavy (non-hydrogen) atoms. The summed E-state index contributed by atoms with van der Waals surface area (Å²) in [4.78, 5) is 19.7. The number of nitrogens with one attached hydrogen (secondary N) is 2. The Balaban J connectivity index is 1.40. The van der Waals surface area contributed by atoms with Crippen molar-refractivity contribution in [2.24, 2.45) is 0 Å². The third-order valence-electron chi connectivity index (χ3n) is 4.56. The van der Waals surface area contributed by atoms with Crippen LogP contribution in [0.15, 0.2) is 29.8 Å². The number of aryl methyl sites for hydroxylation is 1. The van der Waals surface area contributed by atoms with Gasteiger partial charge in [-0.1, -0.05) is 0 Å². The van der Waals surface area contributed by atoms with Crippen LogP contribution in [-0.4, -0.2) is 48.7 Å². The van der Waals surface area contributed by atoms with Crippen molar-refractivity contribution in [1.82, 2.24) is 15.2 Å². The molecule has 140 valence electrons. The van der Waals surface area contributed by atoms with Gasteiger partial charge in [0.25, 0.3) is 0 Å². The number of aromatic nitrogens is 1. The quantitative estimate of drug-likeness (QED) is 0.814. The first kappa shape index (κ1) is 18.7. The molecule has 7 heteroatoms. The minimum atomic E-state index is -0.198. The van der Waals surface area contributed by atoms with E-state index in [0.717, 1.165) is 49.5 Å². The van der Waals surface area contributed by atoms with Crippen LogP contribution in [-0.2, 0) is 6.42 Å². The number of carbonyl (C=O) groups excluding carboxylic acids is 1. The molecule has 0 radical (unpaired) electrons. The van der Waals surface area contributed by atoms with Crippen LogP contribution in [0.1, 0.15) is 23.4 Å². The van der Waals surface area contributed by atoms with E-state index in [-0.39, 0.29) is 12.1 Å². The Bertz CT molecular complexity index is 709. The fraction of sp³-hybridized carbons (Fsp3) is 0.474. The molecule has 1 aromatic heterocycles. The van der Waals surface area contributed by atoms with Crippen molar-refractivity contribution in [2.75, 3.05) is 32.0 Å². The Labute approximate surface area is 158 Å². The Hall–Kier alpha value is -2.12. The van der Waals surface area contributed by atoms with Gasteiger partial charge in [0.15, 0.2) is 0 Å². The monoisotopic (exact) mass is 374 g/mol. The molecule has 0 spiro atoms. The fourth-order valence-corrected chi connectivity index (χ4v) is 3.72. The van der Waals surface area contributed by atoms with Gasteiger partial charge in [0.05, 0.1) is 11.2 Å². The normalized spacial score (nSPS) is 15.6. The first-order valence-corrected chi connectivity index (χ1v) is 9.87. The number of piperidine rings is 1. The van der Waals surface area contributed by atoms with E-state index in [0.29, 0.717) is 6.54 Å². The van der Waals surface area contributed by atoms with E-state index in [1.165, 1.54) is 4.88 Å². The molecule has 0 atom stereocenters. The van der Waals surface area contributed by atoms with Crippen molar-refractivity contribution in [3.05, 3.63) is 40.3 Å². The summed E-state index contributed by atoms with van der Waals surface area (Å²) in [6, 6.07) is 7.37. The van der Waals surface area contributed by atoms with Crippen molar-refractivity contribution in [3.8, 4) is 5.75 Å². The number of anilines is 1. The highest BCUT2D eigenvalue weighted by Crippen LogP contribution is 2.20. The van der Waals surface area contributed by atoms with Crippen LogP contribution in [0.25, 0.3) is 0 Å². The molecule has 0 saturated carbocycles. The Morgan fingerprint density at radius 3 is 2.69 bits per heavy atom. The van der Waals surface area contributed by atoms with E-state index < -0.39 is 0 Å². The molecule has 1 aliphatic rings. The molecule has 6 nitrogen and oxygen atoms in total. The first-order chi connectivity index (χ1) is 12.6. The number of ether oxygens (including phenoxy) is 1. The highest BCUT2D eigenvalue weighted by molar-refractivity contribution is 7.09. The molecule has 1 aromatic carbocycles. The highest BCUT2D eigenvalue weighted by atomic mass is 32.1. The second-order valence-corrected chi connectivity index (χ2v) is 7.58. The van der Waals surface area contributed by atoms with Crippen molar-refractivity contribution in [2.45, 2.75) is 32.3 Å². The van der Waals surface area contributed by atoms with Crippen LogP contribution >= 0.6 is 11.3 Å². The van der Waals surface area contributed by atoms with Crippen LogP contribution in [0.4, 0.5) is 10.5 Å². The molecule has 2 N–H and O–H groups in total. The second-order valence-electron chi connectivity index (χ2n) is 6.64. The van der Waals surface area contributed by atoms with Crippen molar-refractivity contribution >= 4 is 23.1 Å². The second kappa shape index (κ2) is 9.00. The van der Waals surface area contributed by atoms with Crippen LogP contribution < -0.4 is 15.4 Å². The highest BCUT2D eigenvalue weighted by Gasteiger charge is 2.17. The summed E-state index contributed by atoms with van der Waals surface area (Å²) in [7, 11) is 2.14. The fourth-order valence-electron chi connectivity index (χ4n) is 2.94. The summed E-state index contributed by atoms with van der Waals surface area (Å²) in [5.74, 6) is 0.853. The van der Waals surface area contributed by atoms with Gasteiger partial charge in [-0.15, -0.1) is 11.3 Å². The summed E-state index contributed by atoms with van der Waals surface area (Å²) in [5, 5.41) is 5.72. The SMILES string of the molecule is Cc1ncsc1CCNC(=O)Nc1ccc(OC2CCN(C)CC2)cc1. The Morgan fingerprint density at radius 2 is 2.04 bits per heavy atom. The number of nitrogens with zero attached hydrogens (tertiary/aromatic N) is 2. The smallest absolute Gasteiger partial charge is 0.319 e. The summed E-state index contributed by atoms with van der Waals surface area (Å²) < 4.78 is 6.02. The van der Waals surface area contributed by atoms with Gasteiger partial charge in [0, 0.05) is 36.6 Å². The molecule has 3 rings (SSSR count). The standard InChI is InChI=1S/C19H26N4O2S/c1-14-18(26-13-21-14)7-10-20-19(24)22-15-3-5-16(6-4-15)25-17-8-11-23(2)12-9-17/h3-6,13,17H,7-12H2,1-2H3,(H2,20,22,24). The minimum Gasteiger partial charge on any atom is -0.490 e. The van der Waals surface area contributed by atoms with Gasteiger partial charge < -0.3 is 20.3 Å². The lowest BCUT2D eigenvalue weighted by molar-refractivity contribution is 0.114. The molecule has 2 heterocycles. The molecule has 0 aliphatic carbocycles. The van der Waals surface area contributed by atoms with Crippen LogP contribution in [0, 0.1) is 6.92 Å². The molecule has 1 fully saturated rings. The zero-order valence-electron chi connectivity index (χ0n) is 15.3. The molecule has 1 saturated heterocycles. The maximum absolute atomic E-state index is 12.0. The number of amides is 2. The van der Waals surface area contributed by atoms with E-state index in [4.69, 9.17) is 4.74 Å². The topological polar surface area (TPSA) is 66.5 Å². The molecule has 0 bridgehead atoms. The largest absolute Gasteiger partial charge is 0.490 e. The van der Waals surface area contributed by atoms with E-state index in [2.05, 4.69) is 27.6 Å². The van der Waals surface area contributed by atoms with Gasteiger partial charge in [-0.05, 0) is 51.1 Å². The van der Waals surface area contributed by atoms with Gasteiger partial charge in [-0.3, -0.25) is 0 Å².